The lowest BCUT2D eigenvalue weighted by Gasteiger charge is -2.25. The fourth-order valence-corrected chi connectivity index (χ4v) is 1.38. The van der Waals surface area contributed by atoms with Crippen LogP contribution in [-0.2, 0) is 0 Å². The third-order valence-corrected chi connectivity index (χ3v) is 2.37. The zero-order chi connectivity index (χ0) is 12.9. The predicted molar refractivity (Wildman–Crippen MR) is 64.2 cm³/mol. The summed E-state index contributed by atoms with van der Waals surface area (Å²) in [7, 11) is 0. The van der Waals surface area contributed by atoms with Gasteiger partial charge in [0.05, 0.1) is 6.61 Å². The smallest absolute Gasteiger partial charge is 0.165 e. The van der Waals surface area contributed by atoms with Crippen molar-refractivity contribution in [1.82, 2.24) is 5.32 Å². The topological polar surface area (TPSA) is 21.3 Å². The van der Waals surface area contributed by atoms with Crippen LogP contribution in [0.3, 0.4) is 0 Å². The summed E-state index contributed by atoms with van der Waals surface area (Å²) in [6.07, 6.45) is 0. The van der Waals surface area contributed by atoms with Gasteiger partial charge < -0.3 is 10.1 Å². The minimum Gasteiger partial charge on any atom is -0.490 e. The number of benzene rings is 1. The third-order valence-electron chi connectivity index (χ3n) is 2.37. The van der Waals surface area contributed by atoms with Crippen molar-refractivity contribution in [3.8, 4) is 5.75 Å². The van der Waals surface area contributed by atoms with E-state index in [-0.39, 0.29) is 11.2 Å². The van der Waals surface area contributed by atoms with Crippen LogP contribution in [0.4, 0.5) is 8.78 Å². The summed E-state index contributed by atoms with van der Waals surface area (Å²) in [6, 6.07) is 3.21. The van der Waals surface area contributed by atoms with Crippen LogP contribution in [0.2, 0.25) is 0 Å². The fourth-order valence-electron chi connectivity index (χ4n) is 1.38. The van der Waals surface area contributed by atoms with Gasteiger partial charge in [-0.2, -0.15) is 0 Å². The van der Waals surface area contributed by atoms with Crippen molar-refractivity contribution in [2.75, 3.05) is 19.7 Å². The Morgan fingerprint density at radius 1 is 1.29 bits per heavy atom. The highest BCUT2D eigenvalue weighted by molar-refractivity contribution is 5.24. The van der Waals surface area contributed by atoms with Gasteiger partial charge in [-0.05, 0) is 18.7 Å². The van der Waals surface area contributed by atoms with Gasteiger partial charge in [0.25, 0.3) is 0 Å². The molecule has 96 valence electrons. The monoisotopic (exact) mass is 243 g/mol. The molecule has 0 aromatic heterocycles. The summed E-state index contributed by atoms with van der Waals surface area (Å²) in [5.41, 5.74) is -0.130. The Kier molecular flexibility index (Phi) is 4.87. The summed E-state index contributed by atoms with van der Waals surface area (Å²) in [6.45, 7) is 8.00. The Labute approximate surface area is 101 Å². The van der Waals surface area contributed by atoms with E-state index in [0.29, 0.717) is 6.61 Å². The van der Waals surface area contributed by atoms with Crippen LogP contribution in [0.25, 0.3) is 0 Å². The normalized spacial score (nSPS) is 11.6. The summed E-state index contributed by atoms with van der Waals surface area (Å²) in [5, 5.41) is 3.20. The van der Waals surface area contributed by atoms with Crippen LogP contribution in [0, 0.1) is 17.0 Å². The first-order valence-corrected chi connectivity index (χ1v) is 5.73. The van der Waals surface area contributed by atoms with Gasteiger partial charge in [0.15, 0.2) is 11.6 Å². The standard InChI is InChI=1S/C13H19F2NO/c1-4-16-8-13(2,3)9-17-12-7-10(14)5-6-11(12)15/h5-7,16H,4,8-9H2,1-3H3. The molecule has 0 aliphatic rings. The maximum atomic E-state index is 13.3. The first kappa shape index (κ1) is 13.9. The average Bonchev–Trinajstić information content (AvgIpc) is 2.28. The molecule has 1 N–H and O–H groups in total. The van der Waals surface area contributed by atoms with Gasteiger partial charge in [0.2, 0.25) is 0 Å². The molecular weight excluding hydrogens is 224 g/mol. The lowest BCUT2D eigenvalue weighted by molar-refractivity contribution is 0.171. The molecule has 0 spiro atoms. The van der Waals surface area contributed by atoms with Crippen LogP contribution in [0.5, 0.6) is 5.75 Å². The van der Waals surface area contributed by atoms with E-state index >= 15 is 0 Å². The van der Waals surface area contributed by atoms with E-state index < -0.39 is 11.6 Å². The summed E-state index contributed by atoms with van der Waals surface area (Å²) < 4.78 is 31.5. The number of rotatable bonds is 6. The fraction of sp³-hybridized carbons (Fsp3) is 0.538. The SMILES string of the molecule is CCNCC(C)(C)COc1cc(F)ccc1F. The van der Waals surface area contributed by atoms with E-state index in [4.69, 9.17) is 4.74 Å². The Hall–Kier alpha value is -1.16. The van der Waals surface area contributed by atoms with Gasteiger partial charge in [-0.1, -0.05) is 20.8 Å². The van der Waals surface area contributed by atoms with Crippen molar-refractivity contribution >= 4 is 0 Å². The zero-order valence-corrected chi connectivity index (χ0v) is 10.5. The minimum atomic E-state index is -0.536. The Morgan fingerprint density at radius 2 is 2.00 bits per heavy atom. The highest BCUT2D eigenvalue weighted by atomic mass is 19.1. The average molecular weight is 243 g/mol. The molecule has 0 aliphatic heterocycles. The van der Waals surface area contributed by atoms with Crippen LogP contribution in [0.15, 0.2) is 18.2 Å². The molecule has 0 heterocycles. The molecule has 0 fully saturated rings. The number of halogens is 2. The van der Waals surface area contributed by atoms with Gasteiger partial charge >= 0.3 is 0 Å². The Balaban J connectivity index is 2.57. The molecule has 0 bridgehead atoms. The van der Waals surface area contributed by atoms with E-state index in [9.17, 15) is 8.78 Å². The highest BCUT2D eigenvalue weighted by Gasteiger charge is 2.19. The second-order valence-electron chi connectivity index (χ2n) is 4.81. The maximum absolute atomic E-state index is 13.3. The first-order valence-electron chi connectivity index (χ1n) is 5.73. The molecule has 1 rings (SSSR count). The van der Waals surface area contributed by atoms with Crippen molar-refractivity contribution in [2.24, 2.45) is 5.41 Å². The molecular formula is C13H19F2NO. The van der Waals surface area contributed by atoms with Crippen molar-refractivity contribution in [2.45, 2.75) is 20.8 Å². The molecule has 0 radical (unpaired) electrons. The number of hydrogen-bond acceptors (Lipinski definition) is 2. The Bertz CT molecular complexity index is 366. The zero-order valence-electron chi connectivity index (χ0n) is 10.5. The van der Waals surface area contributed by atoms with E-state index in [1.54, 1.807) is 0 Å². The molecule has 1 aromatic carbocycles. The van der Waals surface area contributed by atoms with E-state index in [1.165, 1.54) is 0 Å². The predicted octanol–water partition coefficient (Wildman–Crippen LogP) is 2.98. The van der Waals surface area contributed by atoms with Crippen molar-refractivity contribution < 1.29 is 13.5 Å². The van der Waals surface area contributed by atoms with Gasteiger partial charge in [-0.25, -0.2) is 8.78 Å². The second kappa shape index (κ2) is 5.96. The van der Waals surface area contributed by atoms with Crippen LogP contribution in [-0.4, -0.2) is 19.7 Å². The minimum absolute atomic E-state index is 0.0328. The molecule has 17 heavy (non-hydrogen) atoms. The molecule has 0 aliphatic carbocycles. The molecule has 0 unspecified atom stereocenters. The molecule has 0 atom stereocenters. The molecule has 0 amide bonds. The van der Waals surface area contributed by atoms with Gasteiger partial charge in [0, 0.05) is 18.0 Å². The summed E-state index contributed by atoms with van der Waals surface area (Å²) >= 11 is 0. The van der Waals surface area contributed by atoms with Crippen molar-refractivity contribution in [3.63, 3.8) is 0 Å². The summed E-state index contributed by atoms with van der Waals surface area (Å²) in [4.78, 5) is 0. The lowest BCUT2D eigenvalue weighted by Crippen LogP contribution is -2.34. The second-order valence-corrected chi connectivity index (χ2v) is 4.81. The largest absolute Gasteiger partial charge is 0.490 e. The van der Waals surface area contributed by atoms with Crippen molar-refractivity contribution in [3.05, 3.63) is 29.8 Å². The van der Waals surface area contributed by atoms with E-state index in [1.807, 2.05) is 20.8 Å². The lowest BCUT2D eigenvalue weighted by atomic mass is 9.95. The van der Waals surface area contributed by atoms with Gasteiger partial charge in [0.1, 0.15) is 5.82 Å². The highest BCUT2D eigenvalue weighted by Crippen LogP contribution is 2.21. The third kappa shape index (κ3) is 4.69. The quantitative estimate of drug-likeness (QED) is 0.829. The van der Waals surface area contributed by atoms with Crippen LogP contribution in [0.1, 0.15) is 20.8 Å². The molecule has 0 saturated carbocycles. The van der Waals surface area contributed by atoms with E-state index in [0.717, 1.165) is 31.3 Å². The van der Waals surface area contributed by atoms with Crippen LogP contribution >= 0.6 is 0 Å². The molecule has 0 saturated heterocycles. The Morgan fingerprint density at radius 3 is 2.65 bits per heavy atom. The molecule has 4 heteroatoms. The van der Waals surface area contributed by atoms with Gasteiger partial charge in [-0.15, -0.1) is 0 Å². The van der Waals surface area contributed by atoms with Gasteiger partial charge in [-0.3, -0.25) is 0 Å². The number of nitrogens with one attached hydrogen (secondary N) is 1. The van der Waals surface area contributed by atoms with E-state index in [2.05, 4.69) is 5.32 Å². The van der Waals surface area contributed by atoms with Crippen LogP contribution < -0.4 is 10.1 Å². The maximum Gasteiger partial charge on any atom is 0.165 e. The summed E-state index contributed by atoms with van der Waals surface area (Å²) in [5.74, 6) is -1.06. The number of ether oxygens (including phenoxy) is 1. The molecule has 2 nitrogen and oxygen atoms in total. The van der Waals surface area contributed by atoms with Crippen molar-refractivity contribution in [1.29, 1.82) is 0 Å². The number of hydrogen-bond donors (Lipinski definition) is 1. The first-order chi connectivity index (χ1) is 7.94. The molecule has 1 aromatic rings.